The van der Waals surface area contributed by atoms with Crippen LogP contribution in [0.1, 0.15) is 28.4 Å². The van der Waals surface area contributed by atoms with E-state index in [-0.39, 0.29) is 5.91 Å². The Balaban J connectivity index is 1.60. The van der Waals surface area contributed by atoms with Gasteiger partial charge in [0.1, 0.15) is 12.4 Å². The van der Waals surface area contributed by atoms with Crippen molar-refractivity contribution >= 4 is 51.3 Å². The van der Waals surface area contributed by atoms with Crippen LogP contribution in [0.3, 0.4) is 0 Å². The minimum absolute atomic E-state index is 0.295. The van der Waals surface area contributed by atoms with Gasteiger partial charge in [-0.1, -0.05) is 29.3 Å². The van der Waals surface area contributed by atoms with E-state index < -0.39 is 0 Å². The average molecular weight is 552 g/mol. The first-order chi connectivity index (χ1) is 15.9. The minimum Gasteiger partial charge on any atom is -0.493 e. The first-order valence-corrected chi connectivity index (χ1v) is 11.5. The number of methoxy groups -OCH3 is 1. The predicted molar refractivity (Wildman–Crippen MR) is 134 cm³/mol. The Hall–Kier alpha value is -2.74. The number of carbonyl (C=O) groups is 1. The Labute approximate surface area is 210 Å². The number of rotatable bonds is 9. The van der Waals surface area contributed by atoms with Crippen LogP contribution in [0.5, 0.6) is 17.2 Å². The lowest BCUT2D eigenvalue weighted by atomic mass is 10.2. The summed E-state index contributed by atoms with van der Waals surface area (Å²) in [7, 11) is 1.54. The molecule has 3 aromatic carbocycles. The molecule has 0 heterocycles. The van der Waals surface area contributed by atoms with E-state index in [1.54, 1.807) is 43.5 Å². The molecule has 6 nitrogen and oxygen atoms in total. The summed E-state index contributed by atoms with van der Waals surface area (Å²) in [4.78, 5) is 12.4. The van der Waals surface area contributed by atoms with Crippen molar-refractivity contribution in [1.82, 2.24) is 5.43 Å². The van der Waals surface area contributed by atoms with Gasteiger partial charge in [-0.15, -0.1) is 0 Å². The molecule has 33 heavy (non-hydrogen) atoms. The number of hydrazone groups is 1. The van der Waals surface area contributed by atoms with E-state index >= 15 is 0 Å². The van der Waals surface area contributed by atoms with Crippen LogP contribution in [0.4, 0.5) is 0 Å². The molecule has 172 valence electrons. The molecule has 0 spiro atoms. The summed E-state index contributed by atoms with van der Waals surface area (Å²) in [6.07, 6.45) is 1.54. The zero-order valence-corrected chi connectivity index (χ0v) is 21.0. The van der Waals surface area contributed by atoms with Gasteiger partial charge in [-0.05, 0) is 76.9 Å². The SMILES string of the molecule is CCOc1cc(C(=O)N/N=C/c2ccc(OCc3ccc(Cl)cc3Cl)c(Br)c2)ccc1OC. The molecular weight excluding hydrogens is 531 g/mol. The maximum Gasteiger partial charge on any atom is 0.271 e. The Morgan fingerprint density at radius 1 is 1.03 bits per heavy atom. The van der Waals surface area contributed by atoms with Gasteiger partial charge in [0.25, 0.3) is 5.91 Å². The van der Waals surface area contributed by atoms with Crippen molar-refractivity contribution in [1.29, 1.82) is 0 Å². The Morgan fingerprint density at radius 3 is 2.52 bits per heavy atom. The molecule has 0 aliphatic rings. The molecule has 9 heteroatoms. The largest absolute Gasteiger partial charge is 0.493 e. The second-order valence-corrected chi connectivity index (χ2v) is 8.41. The Morgan fingerprint density at radius 2 is 1.82 bits per heavy atom. The molecule has 0 fully saturated rings. The van der Waals surface area contributed by atoms with E-state index in [9.17, 15) is 4.79 Å². The third kappa shape index (κ3) is 6.87. The minimum atomic E-state index is -0.367. The van der Waals surface area contributed by atoms with Crippen LogP contribution in [0.15, 0.2) is 64.2 Å². The van der Waals surface area contributed by atoms with Crippen LogP contribution in [0.25, 0.3) is 0 Å². The van der Waals surface area contributed by atoms with Crippen LogP contribution >= 0.6 is 39.1 Å². The summed E-state index contributed by atoms with van der Waals surface area (Å²) >= 11 is 15.6. The van der Waals surface area contributed by atoms with Gasteiger partial charge in [-0.2, -0.15) is 5.10 Å². The first-order valence-electron chi connectivity index (χ1n) is 9.91. The number of hydrogen-bond acceptors (Lipinski definition) is 5. The van der Waals surface area contributed by atoms with Crippen molar-refractivity contribution in [3.8, 4) is 17.2 Å². The zero-order chi connectivity index (χ0) is 23.8. The lowest BCUT2D eigenvalue weighted by Crippen LogP contribution is -2.17. The van der Waals surface area contributed by atoms with Gasteiger partial charge in [0.15, 0.2) is 11.5 Å². The second-order valence-electron chi connectivity index (χ2n) is 6.71. The van der Waals surface area contributed by atoms with Gasteiger partial charge in [0, 0.05) is 21.2 Å². The molecule has 1 amide bonds. The molecule has 3 aromatic rings. The van der Waals surface area contributed by atoms with Gasteiger partial charge in [0.2, 0.25) is 0 Å². The molecule has 0 aliphatic carbocycles. The van der Waals surface area contributed by atoms with Gasteiger partial charge < -0.3 is 14.2 Å². The van der Waals surface area contributed by atoms with Crippen LogP contribution < -0.4 is 19.6 Å². The number of nitrogens with zero attached hydrogens (tertiary/aromatic N) is 1. The molecule has 0 unspecified atom stereocenters. The molecule has 0 radical (unpaired) electrons. The molecule has 1 N–H and O–H groups in total. The van der Waals surface area contributed by atoms with Gasteiger partial charge in [-0.25, -0.2) is 5.43 Å². The fourth-order valence-corrected chi connectivity index (χ4v) is 3.80. The smallest absolute Gasteiger partial charge is 0.271 e. The molecule has 0 saturated heterocycles. The summed E-state index contributed by atoms with van der Waals surface area (Å²) in [5, 5.41) is 5.15. The fraction of sp³-hybridized carbons (Fsp3) is 0.167. The van der Waals surface area contributed by atoms with Crippen LogP contribution in [-0.4, -0.2) is 25.8 Å². The van der Waals surface area contributed by atoms with E-state index in [0.717, 1.165) is 15.6 Å². The Bertz CT molecular complexity index is 1170. The van der Waals surface area contributed by atoms with Crippen LogP contribution in [-0.2, 0) is 6.61 Å². The summed E-state index contributed by atoms with van der Waals surface area (Å²) in [6.45, 7) is 2.61. The molecule has 0 saturated carbocycles. The van der Waals surface area contributed by atoms with E-state index in [4.69, 9.17) is 37.4 Å². The summed E-state index contributed by atoms with van der Waals surface area (Å²) in [5.41, 5.74) is 4.51. The highest BCUT2D eigenvalue weighted by molar-refractivity contribution is 9.10. The van der Waals surface area contributed by atoms with Crippen LogP contribution in [0.2, 0.25) is 10.0 Å². The number of carbonyl (C=O) groups excluding carboxylic acids is 1. The highest BCUT2D eigenvalue weighted by atomic mass is 79.9. The summed E-state index contributed by atoms with van der Waals surface area (Å²) in [5.74, 6) is 1.33. The second kappa shape index (κ2) is 11.9. The Kier molecular flexibility index (Phi) is 9.00. The van der Waals surface area contributed by atoms with Crippen molar-refractivity contribution in [2.45, 2.75) is 13.5 Å². The number of nitrogens with one attached hydrogen (secondary N) is 1. The standard InChI is InChI=1S/C24H21BrCl2N2O4/c1-3-32-23-11-16(6-9-22(23)31-2)24(30)29-28-13-15-4-8-21(19(25)10-15)33-14-17-5-7-18(26)12-20(17)27/h4-13H,3,14H2,1-2H3,(H,29,30)/b28-13+. The monoisotopic (exact) mass is 550 g/mol. The van der Waals surface area contributed by atoms with Gasteiger partial charge in [-0.3, -0.25) is 4.79 Å². The molecule has 0 aliphatic heterocycles. The highest BCUT2D eigenvalue weighted by Gasteiger charge is 2.11. The predicted octanol–water partition coefficient (Wildman–Crippen LogP) is 6.51. The highest BCUT2D eigenvalue weighted by Crippen LogP contribution is 2.29. The summed E-state index contributed by atoms with van der Waals surface area (Å²) in [6, 6.07) is 15.6. The van der Waals surface area contributed by atoms with Gasteiger partial charge >= 0.3 is 0 Å². The molecule has 0 bridgehead atoms. The van der Waals surface area contributed by atoms with E-state index in [0.29, 0.717) is 46.1 Å². The number of benzene rings is 3. The number of hydrogen-bond donors (Lipinski definition) is 1. The number of ether oxygens (including phenoxy) is 3. The average Bonchev–Trinajstić information content (AvgIpc) is 2.79. The molecular formula is C24H21BrCl2N2O4. The zero-order valence-electron chi connectivity index (χ0n) is 17.9. The van der Waals surface area contributed by atoms with Crippen molar-refractivity contribution in [3.63, 3.8) is 0 Å². The molecule has 3 rings (SSSR count). The van der Waals surface area contributed by atoms with E-state index in [1.807, 2.05) is 25.1 Å². The van der Waals surface area contributed by atoms with Crippen molar-refractivity contribution in [3.05, 3.63) is 85.8 Å². The normalized spacial score (nSPS) is 10.8. The topological polar surface area (TPSA) is 69.2 Å². The molecule has 0 atom stereocenters. The quantitative estimate of drug-likeness (QED) is 0.243. The van der Waals surface area contributed by atoms with Crippen molar-refractivity contribution in [2.24, 2.45) is 5.10 Å². The molecule has 0 aromatic heterocycles. The number of halogens is 3. The maximum absolute atomic E-state index is 12.4. The van der Waals surface area contributed by atoms with Crippen molar-refractivity contribution in [2.75, 3.05) is 13.7 Å². The van der Waals surface area contributed by atoms with Crippen molar-refractivity contribution < 1.29 is 19.0 Å². The van der Waals surface area contributed by atoms with Crippen LogP contribution in [0, 0.1) is 0 Å². The lowest BCUT2D eigenvalue weighted by molar-refractivity contribution is 0.0954. The maximum atomic E-state index is 12.4. The summed E-state index contributed by atoms with van der Waals surface area (Å²) < 4.78 is 17.3. The first kappa shape index (κ1) is 24.9. The number of amides is 1. The van der Waals surface area contributed by atoms with Gasteiger partial charge in [0.05, 0.1) is 24.4 Å². The lowest BCUT2D eigenvalue weighted by Gasteiger charge is -2.10. The van der Waals surface area contributed by atoms with E-state index in [2.05, 4.69) is 26.5 Å². The third-order valence-corrected chi connectivity index (χ3v) is 5.67. The fourth-order valence-electron chi connectivity index (χ4n) is 2.82. The van der Waals surface area contributed by atoms with E-state index in [1.165, 1.54) is 6.21 Å². The third-order valence-electron chi connectivity index (χ3n) is 4.46.